The Morgan fingerprint density at radius 2 is 1.67 bits per heavy atom. The van der Waals surface area contributed by atoms with E-state index in [1.807, 2.05) is 0 Å². The van der Waals surface area contributed by atoms with Crippen molar-refractivity contribution in [1.29, 1.82) is 5.41 Å². The van der Waals surface area contributed by atoms with Gasteiger partial charge in [-0.25, -0.2) is 4.98 Å². The average molecular weight is 529 g/mol. The number of aliphatic carboxylic acids is 2. The van der Waals surface area contributed by atoms with Crippen LogP contribution in [-0.2, 0) is 9.59 Å². The number of H-pyrrole nitrogens is 1. The van der Waals surface area contributed by atoms with Crippen LogP contribution in [0.1, 0.15) is 23.5 Å². The summed E-state index contributed by atoms with van der Waals surface area (Å²) in [5.74, 6) is -5.07. The summed E-state index contributed by atoms with van der Waals surface area (Å²) in [6, 6.07) is 10.00. The van der Waals surface area contributed by atoms with E-state index in [0.717, 1.165) is 0 Å². The Labute approximate surface area is 213 Å². The first-order valence-corrected chi connectivity index (χ1v) is 11.1. The first-order valence-electron chi connectivity index (χ1n) is 10.3. The van der Waals surface area contributed by atoms with Crippen molar-refractivity contribution in [1.82, 2.24) is 9.97 Å². The molecule has 1 heterocycles. The molecule has 0 radical (unpaired) electrons. The van der Waals surface area contributed by atoms with Crippen LogP contribution in [0.3, 0.4) is 0 Å². The Kier molecular flexibility index (Phi) is 6.49. The molecule has 12 heteroatoms. The van der Waals surface area contributed by atoms with Crippen molar-refractivity contribution in [3.63, 3.8) is 0 Å². The van der Waals surface area contributed by atoms with Gasteiger partial charge in [-0.1, -0.05) is 23.2 Å². The molecule has 10 nitrogen and oxygen atoms in total. The molecule has 0 saturated heterocycles. The van der Waals surface area contributed by atoms with Crippen LogP contribution in [0, 0.1) is 5.41 Å². The van der Waals surface area contributed by atoms with Gasteiger partial charge >= 0.3 is 11.9 Å². The van der Waals surface area contributed by atoms with Gasteiger partial charge in [0.15, 0.2) is 0 Å². The monoisotopic (exact) mass is 528 g/mol. The normalized spacial score (nSPS) is 11.9. The average Bonchev–Trinajstić information content (AvgIpc) is 3.23. The van der Waals surface area contributed by atoms with E-state index in [2.05, 4.69) is 9.97 Å². The first-order chi connectivity index (χ1) is 17.0. The Morgan fingerprint density at radius 1 is 1.00 bits per heavy atom. The molecule has 0 spiro atoms. The number of imidazole rings is 1. The second-order valence-corrected chi connectivity index (χ2v) is 8.81. The Morgan fingerprint density at radius 3 is 2.31 bits per heavy atom. The number of amidine groups is 1. The number of nitrogens with two attached hydrogens (primary N) is 1. The maximum absolute atomic E-state index is 12.0. The predicted octanol–water partition coefficient (Wildman–Crippen LogP) is 4.54. The summed E-state index contributed by atoms with van der Waals surface area (Å²) in [6.07, 6.45) is -0.733. The van der Waals surface area contributed by atoms with Gasteiger partial charge in [0.1, 0.15) is 23.2 Å². The molecule has 4 rings (SSSR count). The van der Waals surface area contributed by atoms with E-state index >= 15 is 0 Å². The minimum Gasteiger partial charge on any atom is -0.507 e. The second-order valence-electron chi connectivity index (χ2n) is 7.97. The van der Waals surface area contributed by atoms with Gasteiger partial charge in [-0.05, 0) is 48.0 Å². The number of hydrogen-bond donors (Lipinski definition) is 7. The topological polar surface area (TPSA) is 194 Å². The molecule has 0 fully saturated rings. The largest absolute Gasteiger partial charge is 0.507 e. The van der Waals surface area contributed by atoms with Crippen LogP contribution in [0.15, 0.2) is 42.5 Å². The van der Waals surface area contributed by atoms with Crippen LogP contribution in [0.5, 0.6) is 11.5 Å². The molecule has 0 amide bonds. The Bertz CT molecular complexity index is 1570. The maximum Gasteiger partial charge on any atom is 0.311 e. The van der Waals surface area contributed by atoms with Crippen molar-refractivity contribution in [2.75, 3.05) is 0 Å². The van der Waals surface area contributed by atoms with Crippen LogP contribution >= 0.6 is 23.2 Å². The van der Waals surface area contributed by atoms with E-state index < -0.39 is 35.8 Å². The number of aromatic amines is 1. The SMILES string of the molecule is N=C(N)c1ccc2[nH]c(-c3cc(C(CC(=O)O)C(=O)O)cc(-c4cc(Cl)cc(Cl)c4O)c3O)nc2c1. The number of fused-ring (bicyclic) bond motifs is 1. The fourth-order valence-corrected chi connectivity index (χ4v) is 4.33. The maximum atomic E-state index is 12.0. The number of rotatable bonds is 7. The number of benzene rings is 3. The van der Waals surface area contributed by atoms with E-state index in [-0.39, 0.29) is 44.0 Å². The lowest BCUT2D eigenvalue weighted by Gasteiger charge is -2.17. The summed E-state index contributed by atoms with van der Waals surface area (Å²) in [4.78, 5) is 30.8. The van der Waals surface area contributed by atoms with E-state index in [4.69, 9.17) is 34.3 Å². The van der Waals surface area contributed by atoms with E-state index in [1.165, 1.54) is 24.3 Å². The molecule has 0 bridgehead atoms. The molecule has 1 aromatic heterocycles. The Balaban J connectivity index is 2.02. The summed E-state index contributed by atoms with van der Waals surface area (Å²) in [6.45, 7) is 0. The minimum absolute atomic E-state index is 0.00235. The molecule has 36 heavy (non-hydrogen) atoms. The van der Waals surface area contributed by atoms with Crippen molar-refractivity contribution in [2.24, 2.45) is 5.73 Å². The van der Waals surface area contributed by atoms with Crippen molar-refractivity contribution in [3.8, 4) is 34.0 Å². The number of hydrogen-bond acceptors (Lipinski definition) is 6. The third kappa shape index (κ3) is 4.64. The van der Waals surface area contributed by atoms with Crippen LogP contribution < -0.4 is 5.73 Å². The standard InChI is InChI=1S/C24H18Cl2N4O6/c25-11-6-14(21(34)16(26)7-11)13-3-10(12(24(35)36)8-19(31)32)4-15(20(13)33)23-29-17-2-1-9(22(27)28)5-18(17)30-23/h1-7,12,33-34H,8H2,(H3,27,28)(H,29,30)(H,31,32)(H,35,36). The molecule has 1 unspecified atom stereocenters. The number of carboxylic acid groups (broad SMARTS) is 2. The molecule has 4 aromatic rings. The molecule has 0 aliphatic rings. The molecule has 0 saturated carbocycles. The molecular weight excluding hydrogens is 511 g/mol. The summed E-state index contributed by atoms with van der Waals surface area (Å²) < 4.78 is 0. The molecule has 184 valence electrons. The van der Waals surface area contributed by atoms with E-state index in [9.17, 15) is 30.0 Å². The van der Waals surface area contributed by atoms with Gasteiger partial charge in [0.2, 0.25) is 0 Å². The van der Waals surface area contributed by atoms with Crippen molar-refractivity contribution in [2.45, 2.75) is 12.3 Å². The molecule has 3 aromatic carbocycles. The van der Waals surface area contributed by atoms with Gasteiger partial charge in [-0.15, -0.1) is 0 Å². The number of nitrogens with one attached hydrogen (secondary N) is 2. The fraction of sp³-hybridized carbons (Fsp3) is 0.0833. The highest BCUT2D eigenvalue weighted by Crippen LogP contribution is 2.46. The van der Waals surface area contributed by atoms with Gasteiger partial charge in [0.25, 0.3) is 0 Å². The highest BCUT2D eigenvalue weighted by atomic mass is 35.5. The minimum atomic E-state index is -1.48. The number of aromatic nitrogens is 2. The Hall–Kier alpha value is -4.28. The molecule has 8 N–H and O–H groups in total. The zero-order valence-electron chi connectivity index (χ0n) is 18.2. The van der Waals surface area contributed by atoms with Gasteiger partial charge in [0, 0.05) is 21.7 Å². The van der Waals surface area contributed by atoms with Crippen molar-refractivity contribution in [3.05, 3.63) is 63.6 Å². The van der Waals surface area contributed by atoms with Gasteiger partial charge in [-0.2, -0.15) is 0 Å². The van der Waals surface area contributed by atoms with Crippen molar-refractivity contribution < 1.29 is 30.0 Å². The molecule has 0 aliphatic carbocycles. The van der Waals surface area contributed by atoms with E-state index in [1.54, 1.807) is 18.2 Å². The number of aromatic hydroxyl groups is 2. The molecular formula is C24H18Cl2N4O6. The third-order valence-corrected chi connectivity index (χ3v) is 6.09. The van der Waals surface area contributed by atoms with Crippen LogP contribution in [0.25, 0.3) is 33.5 Å². The summed E-state index contributed by atoms with van der Waals surface area (Å²) in [5, 5.41) is 48.4. The van der Waals surface area contributed by atoms with Gasteiger partial charge in [-0.3, -0.25) is 15.0 Å². The van der Waals surface area contributed by atoms with Crippen molar-refractivity contribution >= 4 is 52.0 Å². The highest BCUT2D eigenvalue weighted by Gasteiger charge is 2.28. The summed E-state index contributed by atoms with van der Waals surface area (Å²) in [7, 11) is 0. The number of phenols is 2. The third-order valence-electron chi connectivity index (χ3n) is 5.58. The van der Waals surface area contributed by atoms with Gasteiger partial charge < -0.3 is 31.1 Å². The van der Waals surface area contributed by atoms with E-state index in [0.29, 0.717) is 16.6 Å². The van der Waals surface area contributed by atoms with Crippen LogP contribution in [0.2, 0.25) is 10.0 Å². The molecule has 0 aliphatic heterocycles. The quantitative estimate of drug-likeness (QED) is 0.134. The number of halogens is 2. The van der Waals surface area contributed by atoms with Gasteiger partial charge in [0.05, 0.1) is 34.0 Å². The number of carboxylic acids is 2. The lowest BCUT2D eigenvalue weighted by molar-refractivity contribution is -0.145. The number of carbonyl (C=O) groups is 2. The zero-order valence-corrected chi connectivity index (χ0v) is 19.7. The van der Waals surface area contributed by atoms with Crippen LogP contribution in [0.4, 0.5) is 0 Å². The predicted molar refractivity (Wildman–Crippen MR) is 134 cm³/mol. The molecule has 1 atom stereocenters. The zero-order chi connectivity index (χ0) is 26.3. The first kappa shape index (κ1) is 24.8. The second kappa shape index (κ2) is 9.40. The lowest BCUT2D eigenvalue weighted by Crippen LogP contribution is -2.16. The number of nitrogen functional groups attached to an aromatic ring is 1. The highest BCUT2D eigenvalue weighted by molar-refractivity contribution is 6.36. The number of phenolic OH excluding ortho intramolecular Hbond substituents is 2. The van der Waals surface area contributed by atoms with Crippen LogP contribution in [-0.4, -0.2) is 48.2 Å². The smallest absolute Gasteiger partial charge is 0.311 e. The lowest BCUT2D eigenvalue weighted by atomic mass is 9.89. The number of nitrogens with zero attached hydrogens (tertiary/aromatic N) is 1. The summed E-state index contributed by atoms with van der Waals surface area (Å²) in [5.41, 5.74) is 6.96. The fourth-order valence-electron chi connectivity index (χ4n) is 3.84. The summed E-state index contributed by atoms with van der Waals surface area (Å²) >= 11 is 12.2.